The minimum Gasteiger partial charge on any atom is -0.505 e. The molecule has 1 atom stereocenters. The number of Topliss-reactive ketones (excluding diaryl/α,β-unsaturated/α-hetero) is 1. The smallest absolute Gasteiger partial charge is 0.163 e. The number of aromatic nitrogens is 2. The van der Waals surface area contributed by atoms with Crippen LogP contribution in [0.25, 0.3) is 22.0 Å². The molecule has 40 heavy (non-hydrogen) atoms. The van der Waals surface area contributed by atoms with Crippen LogP contribution in [-0.2, 0) is 0 Å². The lowest BCUT2D eigenvalue weighted by Gasteiger charge is -2.33. The third-order valence-corrected chi connectivity index (χ3v) is 7.34. The standard InChI is InChI=1S/C28H27Cl2N5O2.3ClH/c1-16(36)22-14-32-25-7-5-17(18-11-23(29)28(37)24(30)12-18)10-21(25)27(22)34-19-6-8-26(33-13-19)35-9-3-4-20(15-35)31-2;;;/h5-8,10-14,20,31,37H,3-4,9,15H2,1-2H3,(H,32,34);3*1H. The minimum atomic E-state index is -0.155. The molecular weight excluding hydrogens is 616 g/mol. The number of carbonyl (C=O) groups is 1. The molecule has 1 fully saturated rings. The number of nitrogens with one attached hydrogen (secondary N) is 2. The predicted molar refractivity (Wildman–Crippen MR) is 172 cm³/mol. The first-order chi connectivity index (χ1) is 17.8. The summed E-state index contributed by atoms with van der Waals surface area (Å²) in [7, 11) is 2.00. The lowest BCUT2D eigenvalue weighted by Crippen LogP contribution is -2.44. The number of nitrogens with zero attached hydrogens (tertiary/aromatic N) is 3. The Morgan fingerprint density at radius 3 is 2.35 bits per heavy atom. The Kier molecular flexibility index (Phi) is 12.1. The van der Waals surface area contributed by atoms with Gasteiger partial charge >= 0.3 is 0 Å². The van der Waals surface area contributed by atoms with Crippen molar-refractivity contribution < 1.29 is 9.90 Å². The van der Waals surface area contributed by atoms with E-state index in [4.69, 9.17) is 28.2 Å². The van der Waals surface area contributed by atoms with Crippen molar-refractivity contribution in [3.63, 3.8) is 0 Å². The van der Waals surface area contributed by atoms with E-state index in [9.17, 15) is 9.90 Å². The second-order valence-corrected chi connectivity index (χ2v) is 10.0. The highest BCUT2D eigenvalue weighted by Gasteiger charge is 2.20. The fourth-order valence-corrected chi connectivity index (χ4v) is 5.21. The number of benzene rings is 2. The highest BCUT2D eigenvalue weighted by molar-refractivity contribution is 6.37. The first kappa shape index (κ1) is 33.7. The molecule has 3 N–H and O–H groups in total. The van der Waals surface area contributed by atoms with Gasteiger partial charge in [0.1, 0.15) is 5.82 Å². The van der Waals surface area contributed by atoms with Crippen molar-refractivity contribution in [2.45, 2.75) is 25.8 Å². The summed E-state index contributed by atoms with van der Waals surface area (Å²) in [6.45, 7) is 3.43. The maximum Gasteiger partial charge on any atom is 0.163 e. The maximum absolute atomic E-state index is 12.5. The topological polar surface area (TPSA) is 90.4 Å². The van der Waals surface area contributed by atoms with E-state index in [1.54, 1.807) is 24.5 Å². The number of hydrogen-bond acceptors (Lipinski definition) is 7. The molecule has 0 amide bonds. The van der Waals surface area contributed by atoms with Crippen molar-refractivity contribution in [1.82, 2.24) is 15.3 Å². The molecule has 0 bridgehead atoms. The van der Waals surface area contributed by atoms with E-state index in [0.29, 0.717) is 17.3 Å². The molecule has 0 spiro atoms. The van der Waals surface area contributed by atoms with E-state index in [1.165, 1.54) is 13.3 Å². The van der Waals surface area contributed by atoms with Gasteiger partial charge in [-0.1, -0.05) is 29.3 Å². The van der Waals surface area contributed by atoms with Gasteiger partial charge < -0.3 is 20.6 Å². The summed E-state index contributed by atoms with van der Waals surface area (Å²) in [4.78, 5) is 24.0. The van der Waals surface area contributed by atoms with Crippen LogP contribution >= 0.6 is 60.4 Å². The van der Waals surface area contributed by atoms with Crippen LogP contribution in [0.2, 0.25) is 10.0 Å². The predicted octanol–water partition coefficient (Wildman–Crippen LogP) is 7.71. The van der Waals surface area contributed by atoms with Crippen molar-refractivity contribution in [3.05, 3.63) is 70.5 Å². The van der Waals surface area contributed by atoms with Crippen LogP contribution in [0.5, 0.6) is 5.75 Å². The van der Waals surface area contributed by atoms with Gasteiger partial charge in [-0.3, -0.25) is 9.78 Å². The van der Waals surface area contributed by atoms with Crippen molar-refractivity contribution in [2.75, 3.05) is 30.4 Å². The minimum absolute atomic E-state index is 0. The highest BCUT2D eigenvalue weighted by Crippen LogP contribution is 2.38. The second-order valence-electron chi connectivity index (χ2n) is 9.23. The van der Waals surface area contributed by atoms with Crippen molar-refractivity contribution in [2.24, 2.45) is 0 Å². The first-order valence-corrected chi connectivity index (χ1v) is 12.9. The van der Waals surface area contributed by atoms with Gasteiger partial charge in [0.05, 0.1) is 38.7 Å². The molecule has 1 saturated heterocycles. The van der Waals surface area contributed by atoms with Crippen molar-refractivity contribution in [1.29, 1.82) is 0 Å². The quantitative estimate of drug-likeness (QED) is 0.185. The van der Waals surface area contributed by atoms with E-state index in [-0.39, 0.29) is 58.8 Å². The number of pyridine rings is 2. The Balaban J connectivity index is 0.00000187. The van der Waals surface area contributed by atoms with Gasteiger partial charge in [0.2, 0.25) is 0 Å². The summed E-state index contributed by atoms with van der Waals surface area (Å²) >= 11 is 12.3. The molecule has 1 aliphatic rings. The zero-order chi connectivity index (χ0) is 26.1. The van der Waals surface area contributed by atoms with Gasteiger partial charge in [-0.2, -0.15) is 0 Å². The van der Waals surface area contributed by atoms with E-state index in [0.717, 1.165) is 53.0 Å². The zero-order valence-corrected chi connectivity index (χ0v) is 25.7. The summed E-state index contributed by atoms with van der Waals surface area (Å²) in [6.07, 6.45) is 5.67. The van der Waals surface area contributed by atoms with Crippen LogP contribution in [-0.4, -0.2) is 47.0 Å². The summed E-state index contributed by atoms with van der Waals surface area (Å²) in [5.74, 6) is 0.673. The Morgan fingerprint density at radius 2 is 1.73 bits per heavy atom. The molecule has 3 heterocycles. The number of phenolic OH excluding ortho intramolecular Hbond substituents is 1. The zero-order valence-electron chi connectivity index (χ0n) is 21.8. The SMILES string of the molecule is CNC1CCCN(c2ccc(Nc3c(C(C)=O)cnc4ccc(-c5cc(Cl)c(O)c(Cl)c5)cc34)cn2)C1.Cl.Cl.Cl. The molecule has 1 unspecified atom stereocenters. The number of fused-ring (bicyclic) bond motifs is 1. The van der Waals surface area contributed by atoms with Crippen molar-refractivity contribution >= 4 is 94.3 Å². The Morgan fingerprint density at radius 1 is 1.00 bits per heavy atom. The number of ketones is 1. The molecule has 0 saturated carbocycles. The third-order valence-electron chi connectivity index (χ3n) is 6.77. The van der Waals surface area contributed by atoms with Crippen LogP contribution in [0, 0.1) is 0 Å². The number of aromatic hydroxyl groups is 1. The van der Waals surface area contributed by atoms with Gasteiger partial charge in [-0.05, 0) is 74.3 Å². The average Bonchev–Trinajstić information content (AvgIpc) is 2.91. The van der Waals surface area contributed by atoms with Crippen LogP contribution in [0.15, 0.2) is 54.9 Å². The fraction of sp³-hybridized carbons (Fsp3) is 0.250. The van der Waals surface area contributed by atoms with Gasteiger partial charge in [-0.25, -0.2) is 4.98 Å². The number of piperidine rings is 1. The molecule has 214 valence electrons. The maximum atomic E-state index is 12.5. The molecule has 5 rings (SSSR count). The number of rotatable bonds is 6. The molecule has 12 heteroatoms. The summed E-state index contributed by atoms with van der Waals surface area (Å²) in [6, 6.07) is 13.5. The highest BCUT2D eigenvalue weighted by atomic mass is 35.5. The number of halogens is 5. The second kappa shape index (κ2) is 14.4. The number of likely N-dealkylation sites (N-methyl/N-ethyl adjacent to an activating group) is 1. The van der Waals surface area contributed by atoms with Crippen LogP contribution < -0.4 is 15.5 Å². The van der Waals surface area contributed by atoms with Crippen LogP contribution in [0.3, 0.4) is 0 Å². The lowest BCUT2D eigenvalue weighted by molar-refractivity contribution is 0.101. The average molecular weight is 646 g/mol. The van der Waals surface area contributed by atoms with E-state index in [1.807, 2.05) is 37.4 Å². The molecule has 4 aromatic rings. The molecule has 2 aromatic carbocycles. The Hall–Kier alpha value is -2.52. The van der Waals surface area contributed by atoms with Gasteiger partial charge in [0.15, 0.2) is 11.5 Å². The van der Waals surface area contributed by atoms with Crippen molar-refractivity contribution in [3.8, 4) is 16.9 Å². The Labute approximate surface area is 261 Å². The van der Waals surface area contributed by atoms with Crippen LogP contribution in [0.1, 0.15) is 30.1 Å². The lowest BCUT2D eigenvalue weighted by atomic mass is 10.00. The molecule has 0 radical (unpaired) electrons. The molecule has 7 nitrogen and oxygen atoms in total. The summed E-state index contributed by atoms with van der Waals surface area (Å²) in [5.41, 5.74) is 4.17. The first-order valence-electron chi connectivity index (χ1n) is 12.1. The Bertz CT molecular complexity index is 1460. The molecule has 2 aromatic heterocycles. The monoisotopic (exact) mass is 643 g/mol. The van der Waals surface area contributed by atoms with Crippen LogP contribution in [0.4, 0.5) is 17.2 Å². The van der Waals surface area contributed by atoms with E-state index in [2.05, 4.69) is 20.5 Å². The molecule has 1 aliphatic heterocycles. The fourth-order valence-electron chi connectivity index (χ4n) is 4.72. The summed E-state index contributed by atoms with van der Waals surface area (Å²) in [5, 5.41) is 17.8. The molecule has 0 aliphatic carbocycles. The van der Waals surface area contributed by atoms with Gasteiger partial charge in [0, 0.05) is 30.7 Å². The van der Waals surface area contributed by atoms with Gasteiger partial charge in [0.25, 0.3) is 0 Å². The van der Waals surface area contributed by atoms with E-state index >= 15 is 0 Å². The molecular formula is C28H30Cl5N5O2. The van der Waals surface area contributed by atoms with E-state index < -0.39 is 0 Å². The number of hydrogen-bond donors (Lipinski definition) is 3. The number of phenols is 1. The largest absolute Gasteiger partial charge is 0.505 e. The number of anilines is 3. The third kappa shape index (κ3) is 7.03. The normalized spacial score (nSPS) is 14.5. The van der Waals surface area contributed by atoms with Gasteiger partial charge in [-0.15, -0.1) is 37.2 Å². The number of carbonyl (C=O) groups excluding carboxylic acids is 1. The summed E-state index contributed by atoms with van der Waals surface area (Å²) < 4.78 is 0.